The number of alkyl halides is 1. The number of hydrogen-bond acceptors (Lipinski definition) is 0. The van der Waals surface area contributed by atoms with Gasteiger partial charge in [0.05, 0.1) is 0 Å². The molecule has 1 atom stereocenters. The first-order valence-electron chi connectivity index (χ1n) is 6.52. The van der Waals surface area contributed by atoms with Gasteiger partial charge in [-0.05, 0) is 43.1 Å². The summed E-state index contributed by atoms with van der Waals surface area (Å²) < 4.78 is 0. The molecule has 0 aliphatic carbocycles. The highest BCUT2D eigenvalue weighted by molar-refractivity contribution is 6.18. The first kappa shape index (κ1) is 14.6. The van der Waals surface area contributed by atoms with E-state index in [2.05, 4.69) is 52.0 Å². The predicted octanol–water partition coefficient (Wildman–Crippen LogP) is 5.22. The Morgan fingerprint density at radius 1 is 1.24 bits per heavy atom. The zero-order valence-electron chi connectivity index (χ0n) is 11.6. The molecular formula is C16H25Cl. The summed E-state index contributed by atoms with van der Waals surface area (Å²) in [4.78, 5) is 0. The van der Waals surface area contributed by atoms with Crippen LogP contribution < -0.4 is 0 Å². The first-order valence-corrected chi connectivity index (χ1v) is 7.06. The minimum absolute atomic E-state index is 0.414. The van der Waals surface area contributed by atoms with E-state index < -0.39 is 0 Å². The zero-order chi connectivity index (χ0) is 12.9. The fraction of sp³-hybridized carbons (Fsp3) is 0.625. The molecule has 0 saturated carbocycles. The number of halogens is 1. The first-order chi connectivity index (χ1) is 7.90. The highest BCUT2D eigenvalue weighted by Gasteiger charge is 2.15. The predicted molar refractivity (Wildman–Crippen MR) is 77.8 cm³/mol. The van der Waals surface area contributed by atoms with E-state index in [1.807, 2.05) is 0 Å². The largest absolute Gasteiger partial charge is 0.126 e. The van der Waals surface area contributed by atoms with Crippen LogP contribution in [0.2, 0.25) is 0 Å². The van der Waals surface area contributed by atoms with Crippen LogP contribution in [0.1, 0.15) is 44.7 Å². The van der Waals surface area contributed by atoms with Gasteiger partial charge in [-0.25, -0.2) is 0 Å². The van der Waals surface area contributed by atoms with Crippen molar-refractivity contribution < 1.29 is 0 Å². The minimum atomic E-state index is 0.414. The quantitative estimate of drug-likeness (QED) is 0.631. The van der Waals surface area contributed by atoms with Gasteiger partial charge in [0.15, 0.2) is 0 Å². The van der Waals surface area contributed by atoms with E-state index in [1.165, 1.54) is 24.0 Å². The van der Waals surface area contributed by atoms with Crippen molar-refractivity contribution >= 4 is 11.6 Å². The van der Waals surface area contributed by atoms with Crippen LogP contribution in [0.25, 0.3) is 0 Å². The molecule has 0 nitrogen and oxygen atoms in total. The van der Waals surface area contributed by atoms with Crippen LogP contribution in [0.4, 0.5) is 0 Å². The van der Waals surface area contributed by atoms with Crippen molar-refractivity contribution in [3.8, 4) is 0 Å². The summed E-state index contributed by atoms with van der Waals surface area (Å²) in [6.07, 6.45) is 3.58. The molecular weight excluding hydrogens is 228 g/mol. The van der Waals surface area contributed by atoms with Gasteiger partial charge in [-0.1, -0.05) is 50.6 Å². The van der Waals surface area contributed by atoms with E-state index in [0.29, 0.717) is 11.3 Å². The molecule has 1 aromatic rings. The van der Waals surface area contributed by atoms with Gasteiger partial charge in [-0.15, -0.1) is 11.6 Å². The second-order valence-corrected chi connectivity index (χ2v) is 6.62. The Labute approximate surface area is 111 Å². The summed E-state index contributed by atoms with van der Waals surface area (Å²) in [6.45, 7) is 9.04. The Morgan fingerprint density at radius 2 is 1.94 bits per heavy atom. The Morgan fingerprint density at radius 3 is 2.47 bits per heavy atom. The molecule has 0 aliphatic heterocycles. The Bertz CT molecular complexity index is 336. The molecule has 0 amide bonds. The summed E-state index contributed by atoms with van der Waals surface area (Å²) in [6, 6.07) is 8.77. The molecule has 0 saturated heterocycles. The summed E-state index contributed by atoms with van der Waals surface area (Å²) in [7, 11) is 0. The SMILES string of the molecule is Cc1cccc(CC(CCl)CCC(C)(C)C)c1. The minimum Gasteiger partial charge on any atom is -0.126 e. The van der Waals surface area contributed by atoms with Gasteiger partial charge in [0.2, 0.25) is 0 Å². The number of benzene rings is 1. The van der Waals surface area contributed by atoms with Gasteiger partial charge in [0.25, 0.3) is 0 Å². The third kappa shape index (κ3) is 6.12. The summed E-state index contributed by atoms with van der Waals surface area (Å²) >= 11 is 6.09. The molecule has 1 heteroatoms. The molecule has 1 aromatic carbocycles. The van der Waals surface area contributed by atoms with Crippen molar-refractivity contribution in [1.82, 2.24) is 0 Å². The van der Waals surface area contributed by atoms with E-state index in [-0.39, 0.29) is 0 Å². The molecule has 0 heterocycles. The van der Waals surface area contributed by atoms with E-state index in [4.69, 9.17) is 11.6 Å². The Hall–Kier alpha value is -0.490. The van der Waals surface area contributed by atoms with Crippen LogP contribution in [0.3, 0.4) is 0 Å². The van der Waals surface area contributed by atoms with Gasteiger partial charge in [-0.3, -0.25) is 0 Å². The Balaban J connectivity index is 2.52. The van der Waals surface area contributed by atoms with Crippen LogP contribution in [-0.4, -0.2) is 5.88 Å². The maximum Gasteiger partial charge on any atom is 0.0254 e. The molecule has 96 valence electrons. The van der Waals surface area contributed by atoms with Crippen LogP contribution >= 0.6 is 11.6 Å². The topological polar surface area (TPSA) is 0 Å². The summed E-state index contributed by atoms with van der Waals surface area (Å²) in [5.74, 6) is 1.38. The maximum atomic E-state index is 6.09. The third-order valence-electron chi connectivity index (χ3n) is 3.13. The molecule has 17 heavy (non-hydrogen) atoms. The van der Waals surface area contributed by atoms with Crippen molar-refractivity contribution in [2.24, 2.45) is 11.3 Å². The van der Waals surface area contributed by atoms with E-state index in [0.717, 1.165) is 12.3 Å². The van der Waals surface area contributed by atoms with Crippen molar-refractivity contribution in [1.29, 1.82) is 0 Å². The second-order valence-electron chi connectivity index (χ2n) is 6.31. The molecule has 0 radical (unpaired) electrons. The normalized spacial score (nSPS) is 13.7. The fourth-order valence-electron chi connectivity index (χ4n) is 2.04. The molecule has 0 aromatic heterocycles. The van der Waals surface area contributed by atoms with E-state index >= 15 is 0 Å². The smallest absolute Gasteiger partial charge is 0.0254 e. The number of rotatable bonds is 5. The fourth-order valence-corrected chi connectivity index (χ4v) is 2.31. The highest BCUT2D eigenvalue weighted by Crippen LogP contribution is 2.26. The second kappa shape index (κ2) is 6.44. The van der Waals surface area contributed by atoms with Crippen LogP contribution in [0.5, 0.6) is 0 Å². The molecule has 1 rings (SSSR count). The highest BCUT2D eigenvalue weighted by atomic mass is 35.5. The zero-order valence-corrected chi connectivity index (χ0v) is 12.3. The van der Waals surface area contributed by atoms with Gasteiger partial charge in [0.1, 0.15) is 0 Å². The van der Waals surface area contributed by atoms with Crippen molar-refractivity contribution in [3.05, 3.63) is 35.4 Å². The monoisotopic (exact) mass is 252 g/mol. The molecule has 1 unspecified atom stereocenters. The van der Waals surface area contributed by atoms with Crippen LogP contribution in [0, 0.1) is 18.3 Å². The lowest BCUT2D eigenvalue weighted by atomic mass is 9.85. The van der Waals surface area contributed by atoms with Crippen LogP contribution in [0.15, 0.2) is 24.3 Å². The number of hydrogen-bond donors (Lipinski definition) is 0. The lowest BCUT2D eigenvalue weighted by Crippen LogP contribution is -2.12. The van der Waals surface area contributed by atoms with Gasteiger partial charge < -0.3 is 0 Å². The standard InChI is InChI=1S/C16H25Cl/c1-13-6-5-7-14(10-13)11-15(12-17)8-9-16(2,3)4/h5-7,10,15H,8-9,11-12H2,1-4H3. The van der Waals surface area contributed by atoms with Crippen molar-refractivity contribution in [3.63, 3.8) is 0 Å². The molecule has 0 N–H and O–H groups in total. The summed E-state index contributed by atoms with van der Waals surface area (Å²) in [5, 5.41) is 0. The third-order valence-corrected chi connectivity index (χ3v) is 3.56. The summed E-state index contributed by atoms with van der Waals surface area (Å²) in [5.41, 5.74) is 3.17. The van der Waals surface area contributed by atoms with Crippen molar-refractivity contribution in [2.75, 3.05) is 5.88 Å². The molecule has 0 spiro atoms. The lowest BCUT2D eigenvalue weighted by Gasteiger charge is -2.22. The van der Waals surface area contributed by atoms with Gasteiger partial charge >= 0.3 is 0 Å². The molecule has 0 bridgehead atoms. The van der Waals surface area contributed by atoms with E-state index in [9.17, 15) is 0 Å². The average Bonchev–Trinajstić information content (AvgIpc) is 2.23. The molecule has 0 aliphatic rings. The van der Waals surface area contributed by atoms with Crippen molar-refractivity contribution in [2.45, 2.75) is 47.0 Å². The number of aryl methyl sites for hydroxylation is 1. The maximum absolute atomic E-state index is 6.09. The van der Waals surface area contributed by atoms with Gasteiger partial charge in [-0.2, -0.15) is 0 Å². The Kier molecular flexibility index (Phi) is 5.52. The average molecular weight is 253 g/mol. The van der Waals surface area contributed by atoms with Gasteiger partial charge in [0, 0.05) is 5.88 Å². The van der Waals surface area contributed by atoms with Crippen LogP contribution in [-0.2, 0) is 6.42 Å². The van der Waals surface area contributed by atoms with E-state index in [1.54, 1.807) is 0 Å². The molecule has 0 fully saturated rings. The lowest BCUT2D eigenvalue weighted by molar-refractivity contribution is 0.331.